The number of rotatable bonds is 4. The van der Waals surface area contributed by atoms with Crippen LogP contribution in [0.25, 0.3) is 0 Å². The van der Waals surface area contributed by atoms with Crippen LogP contribution in [-0.4, -0.2) is 18.5 Å². The molecular weight excluding hydrogens is 290 g/mol. The monoisotopic (exact) mass is 311 g/mol. The highest BCUT2D eigenvalue weighted by Gasteiger charge is 2.12. The van der Waals surface area contributed by atoms with Gasteiger partial charge in [-0.15, -0.1) is 0 Å². The van der Waals surface area contributed by atoms with Crippen molar-refractivity contribution in [2.45, 2.75) is 27.7 Å². The summed E-state index contributed by atoms with van der Waals surface area (Å²) in [6.07, 6.45) is 0. The van der Waals surface area contributed by atoms with Crippen LogP contribution in [0.4, 0.5) is 5.69 Å². The van der Waals surface area contributed by atoms with Crippen LogP contribution in [0, 0.1) is 20.8 Å². The largest absolute Gasteiger partial charge is 0.462 e. The molecule has 0 bridgehead atoms. The topological polar surface area (TPSA) is 55.4 Å². The Morgan fingerprint density at radius 3 is 2.22 bits per heavy atom. The van der Waals surface area contributed by atoms with Crippen molar-refractivity contribution < 1.29 is 14.3 Å². The summed E-state index contributed by atoms with van der Waals surface area (Å²) in [4.78, 5) is 24.2. The maximum atomic E-state index is 12.4. The van der Waals surface area contributed by atoms with Gasteiger partial charge in [0, 0.05) is 11.3 Å². The van der Waals surface area contributed by atoms with E-state index >= 15 is 0 Å². The van der Waals surface area contributed by atoms with Crippen molar-refractivity contribution in [2.24, 2.45) is 0 Å². The second-order valence-electron chi connectivity index (χ2n) is 5.50. The highest BCUT2D eigenvalue weighted by molar-refractivity contribution is 6.05. The SMILES string of the molecule is CCOC(=O)c1ccc(C)c(NC(=O)c2ccc(C)c(C)c2)c1. The van der Waals surface area contributed by atoms with Crippen molar-refractivity contribution in [1.82, 2.24) is 0 Å². The number of amides is 1. The van der Waals surface area contributed by atoms with Crippen molar-refractivity contribution >= 4 is 17.6 Å². The van der Waals surface area contributed by atoms with Crippen molar-refractivity contribution in [2.75, 3.05) is 11.9 Å². The molecule has 0 heterocycles. The maximum Gasteiger partial charge on any atom is 0.338 e. The molecule has 23 heavy (non-hydrogen) atoms. The number of nitrogens with one attached hydrogen (secondary N) is 1. The van der Waals surface area contributed by atoms with Crippen LogP contribution in [0.5, 0.6) is 0 Å². The van der Waals surface area contributed by atoms with Gasteiger partial charge >= 0.3 is 5.97 Å². The quantitative estimate of drug-likeness (QED) is 0.867. The van der Waals surface area contributed by atoms with Crippen molar-refractivity contribution in [3.63, 3.8) is 0 Å². The molecule has 0 atom stereocenters. The predicted molar refractivity (Wildman–Crippen MR) is 91.0 cm³/mol. The lowest BCUT2D eigenvalue weighted by molar-refractivity contribution is 0.0526. The van der Waals surface area contributed by atoms with E-state index in [-0.39, 0.29) is 5.91 Å². The molecule has 0 saturated carbocycles. The second kappa shape index (κ2) is 7.09. The summed E-state index contributed by atoms with van der Waals surface area (Å²) in [5.74, 6) is -0.591. The van der Waals surface area contributed by atoms with Crippen LogP contribution in [0.1, 0.15) is 44.3 Å². The zero-order valence-electron chi connectivity index (χ0n) is 13.9. The van der Waals surface area contributed by atoms with Crippen LogP contribution in [-0.2, 0) is 4.74 Å². The Labute approximate surface area is 136 Å². The summed E-state index contributed by atoms with van der Waals surface area (Å²) in [6.45, 7) is 7.93. The minimum Gasteiger partial charge on any atom is -0.462 e. The molecule has 0 radical (unpaired) electrons. The third kappa shape index (κ3) is 3.97. The van der Waals surface area contributed by atoms with E-state index in [0.717, 1.165) is 16.7 Å². The molecule has 2 aromatic carbocycles. The third-order valence-electron chi connectivity index (χ3n) is 3.77. The van der Waals surface area contributed by atoms with Crippen molar-refractivity contribution in [3.8, 4) is 0 Å². The van der Waals surface area contributed by atoms with E-state index in [1.54, 1.807) is 31.2 Å². The molecule has 0 fully saturated rings. The lowest BCUT2D eigenvalue weighted by Gasteiger charge is -2.11. The van der Waals surface area contributed by atoms with Gasteiger partial charge in [0.2, 0.25) is 0 Å². The van der Waals surface area contributed by atoms with E-state index in [1.165, 1.54) is 0 Å². The summed E-state index contributed by atoms with van der Waals surface area (Å²) in [5.41, 5.74) is 4.72. The summed E-state index contributed by atoms with van der Waals surface area (Å²) >= 11 is 0. The van der Waals surface area contributed by atoms with Gasteiger partial charge in [0.1, 0.15) is 0 Å². The lowest BCUT2D eigenvalue weighted by Crippen LogP contribution is -2.14. The first-order valence-corrected chi connectivity index (χ1v) is 7.58. The third-order valence-corrected chi connectivity index (χ3v) is 3.77. The fourth-order valence-corrected chi connectivity index (χ4v) is 2.18. The fraction of sp³-hybridized carbons (Fsp3) is 0.263. The molecule has 0 unspecified atom stereocenters. The van der Waals surface area contributed by atoms with Crippen molar-refractivity contribution in [1.29, 1.82) is 0 Å². The standard InChI is InChI=1S/C19H21NO3/c1-5-23-19(22)16-9-7-13(3)17(11-16)20-18(21)15-8-6-12(2)14(4)10-15/h6-11H,5H2,1-4H3,(H,20,21). The normalized spacial score (nSPS) is 10.3. The summed E-state index contributed by atoms with van der Waals surface area (Å²) in [7, 11) is 0. The molecule has 2 aromatic rings. The molecule has 0 saturated heterocycles. The Balaban J connectivity index is 2.24. The highest BCUT2D eigenvalue weighted by Crippen LogP contribution is 2.19. The zero-order valence-corrected chi connectivity index (χ0v) is 13.9. The lowest BCUT2D eigenvalue weighted by atomic mass is 10.1. The van der Waals surface area contributed by atoms with Crippen LogP contribution in [0.3, 0.4) is 0 Å². The first-order valence-electron chi connectivity index (χ1n) is 7.58. The zero-order chi connectivity index (χ0) is 17.0. The van der Waals surface area contributed by atoms with Gasteiger partial charge in [-0.2, -0.15) is 0 Å². The molecule has 4 nitrogen and oxygen atoms in total. The highest BCUT2D eigenvalue weighted by atomic mass is 16.5. The van der Waals surface area contributed by atoms with Gasteiger partial charge in [-0.3, -0.25) is 4.79 Å². The number of carbonyl (C=O) groups excluding carboxylic acids is 2. The van der Waals surface area contributed by atoms with Gasteiger partial charge < -0.3 is 10.1 Å². The summed E-state index contributed by atoms with van der Waals surface area (Å²) in [6, 6.07) is 10.7. The Morgan fingerprint density at radius 1 is 0.913 bits per heavy atom. The number of hydrogen-bond acceptors (Lipinski definition) is 3. The van der Waals surface area contributed by atoms with E-state index in [1.807, 2.05) is 32.9 Å². The number of hydrogen-bond donors (Lipinski definition) is 1. The van der Waals surface area contributed by atoms with Crippen LogP contribution < -0.4 is 5.32 Å². The van der Waals surface area contributed by atoms with Gasteiger partial charge in [0.25, 0.3) is 5.91 Å². The summed E-state index contributed by atoms with van der Waals surface area (Å²) < 4.78 is 4.99. The summed E-state index contributed by atoms with van der Waals surface area (Å²) in [5, 5.41) is 2.86. The maximum absolute atomic E-state index is 12.4. The molecule has 1 amide bonds. The van der Waals surface area contributed by atoms with Gasteiger partial charge in [0.05, 0.1) is 12.2 Å². The number of benzene rings is 2. The van der Waals surface area contributed by atoms with E-state index in [4.69, 9.17) is 4.74 Å². The van der Waals surface area contributed by atoms with Gasteiger partial charge in [-0.1, -0.05) is 12.1 Å². The fourth-order valence-electron chi connectivity index (χ4n) is 2.18. The average molecular weight is 311 g/mol. The smallest absolute Gasteiger partial charge is 0.338 e. The van der Waals surface area contributed by atoms with E-state index in [9.17, 15) is 9.59 Å². The van der Waals surface area contributed by atoms with E-state index < -0.39 is 5.97 Å². The minimum absolute atomic E-state index is 0.197. The van der Waals surface area contributed by atoms with Crippen LogP contribution in [0.15, 0.2) is 36.4 Å². The molecule has 0 aliphatic rings. The van der Waals surface area contributed by atoms with Crippen LogP contribution >= 0.6 is 0 Å². The van der Waals surface area contributed by atoms with Crippen LogP contribution in [0.2, 0.25) is 0 Å². The van der Waals surface area contributed by atoms with Gasteiger partial charge in [-0.05, 0) is 68.7 Å². The predicted octanol–water partition coefficient (Wildman–Crippen LogP) is 4.04. The van der Waals surface area contributed by atoms with Gasteiger partial charge in [-0.25, -0.2) is 4.79 Å². The van der Waals surface area contributed by atoms with Crippen molar-refractivity contribution in [3.05, 3.63) is 64.2 Å². The van der Waals surface area contributed by atoms with E-state index in [2.05, 4.69) is 5.32 Å². The van der Waals surface area contributed by atoms with E-state index in [0.29, 0.717) is 23.4 Å². The molecule has 2 rings (SSSR count). The molecule has 0 spiro atoms. The Hall–Kier alpha value is -2.62. The second-order valence-corrected chi connectivity index (χ2v) is 5.50. The van der Waals surface area contributed by atoms with Gasteiger partial charge in [0.15, 0.2) is 0 Å². The first-order chi connectivity index (χ1) is 10.9. The number of esters is 1. The Morgan fingerprint density at radius 2 is 1.57 bits per heavy atom. The molecule has 120 valence electrons. The first kappa shape index (κ1) is 16.7. The average Bonchev–Trinajstić information content (AvgIpc) is 2.52. The molecular formula is C19H21NO3. The molecule has 0 aromatic heterocycles. The Kier molecular flexibility index (Phi) is 5.16. The number of carbonyl (C=O) groups is 2. The molecule has 1 N–H and O–H groups in total. The molecule has 0 aliphatic carbocycles. The molecule has 4 heteroatoms. The number of anilines is 1. The number of ether oxygens (including phenoxy) is 1. The minimum atomic E-state index is -0.394. The Bertz CT molecular complexity index is 750. The number of aryl methyl sites for hydroxylation is 3. The molecule has 0 aliphatic heterocycles.